The Kier molecular flexibility index (Phi) is 3.87. The summed E-state index contributed by atoms with van der Waals surface area (Å²) in [5.74, 6) is 0.820. The van der Waals surface area contributed by atoms with Crippen LogP contribution in [0.5, 0.6) is 5.75 Å². The maximum atomic E-state index is 12.4. The van der Waals surface area contributed by atoms with E-state index < -0.39 is 0 Å². The van der Waals surface area contributed by atoms with Crippen molar-refractivity contribution in [3.8, 4) is 5.75 Å². The molecular formula is C14H20N2O2. The molecule has 1 amide bonds. The molecule has 1 aliphatic rings. The molecule has 1 aromatic rings. The molecule has 1 N–H and O–H groups in total. The summed E-state index contributed by atoms with van der Waals surface area (Å²) in [5.41, 5.74) is 1.73. The first-order chi connectivity index (χ1) is 8.63. The van der Waals surface area contributed by atoms with Gasteiger partial charge < -0.3 is 15.0 Å². The largest absolute Gasteiger partial charge is 0.496 e. The molecule has 18 heavy (non-hydrogen) atoms. The van der Waals surface area contributed by atoms with Gasteiger partial charge in [0.05, 0.1) is 7.11 Å². The van der Waals surface area contributed by atoms with Gasteiger partial charge in [0.25, 0.3) is 5.91 Å². The van der Waals surface area contributed by atoms with E-state index in [1.54, 1.807) is 7.11 Å². The first-order valence-corrected chi connectivity index (χ1v) is 6.26. The van der Waals surface area contributed by atoms with Gasteiger partial charge in [-0.2, -0.15) is 0 Å². The minimum atomic E-state index is 0.0574. The number of ether oxygens (including phenoxy) is 1. The van der Waals surface area contributed by atoms with Crippen LogP contribution >= 0.6 is 0 Å². The molecule has 0 aromatic heterocycles. The molecule has 0 bridgehead atoms. The van der Waals surface area contributed by atoms with E-state index >= 15 is 0 Å². The third-order valence-electron chi connectivity index (χ3n) is 3.56. The Bertz CT molecular complexity index is 439. The summed E-state index contributed by atoms with van der Waals surface area (Å²) < 4.78 is 5.26. The second kappa shape index (κ2) is 5.40. The highest BCUT2D eigenvalue weighted by atomic mass is 16.5. The minimum absolute atomic E-state index is 0.0574. The number of aryl methyl sites for hydroxylation is 1. The van der Waals surface area contributed by atoms with E-state index in [0.717, 1.165) is 30.8 Å². The second-order valence-electron chi connectivity index (χ2n) is 4.75. The first-order valence-electron chi connectivity index (χ1n) is 6.26. The lowest BCUT2D eigenvalue weighted by molar-refractivity contribution is 0.0743. The fourth-order valence-corrected chi connectivity index (χ4v) is 2.29. The molecule has 98 valence electrons. The van der Waals surface area contributed by atoms with Crippen LogP contribution in [0.25, 0.3) is 0 Å². The number of nitrogens with one attached hydrogen (secondary N) is 1. The third kappa shape index (κ3) is 2.48. The number of nitrogens with zero attached hydrogens (tertiary/aromatic N) is 1. The highest BCUT2D eigenvalue weighted by Crippen LogP contribution is 2.20. The molecular weight excluding hydrogens is 228 g/mol. The summed E-state index contributed by atoms with van der Waals surface area (Å²) in [6.07, 6.45) is 1.02. The number of carbonyl (C=O) groups excluding carboxylic acids is 1. The molecule has 1 unspecified atom stereocenters. The van der Waals surface area contributed by atoms with Crippen molar-refractivity contribution in [2.45, 2.75) is 19.4 Å². The zero-order valence-corrected chi connectivity index (χ0v) is 11.2. The van der Waals surface area contributed by atoms with E-state index in [0.29, 0.717) is 11.6 Å². The van der Waals surface area contributed by atoms with E-state index in [-0.39, 0.29) is 5.91 Å². The van der Waals surface area contributed by atoms with Crippen LogP contribution in [-0.4, -0.2) is 44.1 Å². The molecule has 4 nitrogen and oxygen atoms in total. The Morgan fingerprint density at radius 2 is 2.28 bits per heavy atom. The SMILES string of the molecule is COc1cc(C(=O)N(C)C2CCNC2)ccc1C. The van der Waals surface area contributed by atoms with Crippen molar-refractivity contribution >= 4 is 5.91 Å². The highest BCUT2D eigenvalue weighted by molar-refractivity contribution is 5.94. The average molecular weight is 248 g/mol. The van der Waals surface area contributed by atoms with E-state index in [1.807, 2.05) is 37.1 Å². The van der Waals surface area contributed by atoms with E-state index in [2.05, 4.69) is 5.32 Å². The average Bonchev–Trinajstić information content (AvgIpc) is 2.91. The zero-order valence-electron chi connectivity index (χ0n) is 11.2. The first kappa shape index (κ1) is 12.9. The van der Waals surface area contributed by atoms with Gasteiger partial charge in [-0.1, -0.05) is 6.07 Å². The van der Waals surface area contributed by atoms with Crippen LogP contribution in [-0.2, 0) is 0 Å². The molecule has 1 heterocycles. The van der Waals surface area contributed by atoms with Crippen LogP contribution in [0, 0.1) is 6.92 Å². The molecule has 0 radical (unpaired) electrons. The summed E-state index contributed by atoms with van der Waals surface area (Å²) in [6, 6.07) is 5.90. The Morgan fingerprint density at radius 1 is 1.50 bits per heavy atom. The summed E-state index contributed by atoms with van der Waals surface area (Å²) in [7, 11) is 3.49. The van der Waals surface area contributed by atoms with Gasteiger partial charge in [-0.3, -0.25) is 4.79 Å². The minimum Gasteiger partial charge on any atom is -0.496 e. The molecule has 0 aliphatic carbocycles. The van der Waals surface area contributed by atoms with E-state index in [4.69, 9.17) is 4.74 Å². The standard InChI is InChI=1S/C14H20N2O2/c1-10-4-5-11(8-13(10)18-3)14(17)16(2)12-6-7-15-9-12/h4-5,8,12,15H,6-7,9H2,1-3H3. The van der Waals surface area contributed by atoms with Crippen LogP contribution in [0.3, 0.4) is 0 Å². The maximum Gasteiger partial charge on any atom is 0.254 e. The van der Waals surface area contributed by atoms with E-state index in [1.165, 1.54) is 0 Å². The van der Waals surface area contributed by atoms with E-state index in [9.17, 15) is 4.79 Å². The molecule has 1 saturated heterocycles. The van der Waals surface area contributed by atoms with Crippen molar-refractivity contribution in [1.82, 2.24) is 10.2 Å². The van der Waals surface area contributed by atoms with Crippen molar-refractivity contribution in [3.05, 3.63) is 29.3 Å². The molecule has 1 aliphatic heterocycles. The highest BCUT2D eigenvalue weighted by Gasteiger charge is 2.24. The molecule has 4 heteroatoms. The Labute approximate surface area is 108 Å². The number of likely N-dealkylation sites (N-methyl/N-ethyl adjacent to an activating group) is 1. The Morgan fingerprint density at radius 3 is 2.89 bits per heavy atom. The van der Waals surface area contributed by atoms with Crippen LogP contribution in [0.1, 0.15) is 22.3 Å². The number of methoxy groups -OCH3 is 1. The van der Waals surface area contributed by atoms with Gasteiger partial charge in [-0.25, -0.2) is 0 Å². The summed E-state index contributed by atoms with van der Waals surface area (Å²) in [5, 5.41) is 3.27. The van der Waals surface area contributed by atoms with Crippen molar-refractivity contribution in [3.63, 3.8) is 0 Å². The van der Waals surface area contributed by atoms with Gasteiger partial charge in [0, 0.05) is 25.2 Å². The normalized spacial score (nSPS) is 18.7. The predicted molar refractivity (Wildman–Crippen MR) is 71.1 cm³/mol. The lowest BCUT2D eigenvalue weighted by atomic mass is 10.1. The van der Waals surface area contributed by atoms with Gasteiger partial charge in [0.15, 0.2) is 0 Å². The van der Waals surface area contributed by atoms with Crippen molar-refractivity contribution in [2.75, 3.05) is 27.2 Å². The Balaban J connectivity index is 2.17. The van der Waals surface area contributed by atoms with Crippen molar-refractivity contribution in [1.29, 1.82) is 0 Å². The maximum absolute atomic E-state index is 12.4. The fourth-order valence-electron chi connectivity index (χ4n) is 2.29. The second-order valence-corrected chi connectivity index (χ2v) is 4.75. The molecule has 1 aromatic carbocycles. The van der Waals surface area contributed by atoms with Crippen molar-refractivity contribution in [2.24, 2.45) is 0 Å². The number of carbonyl (C=O) groups is 1. The van der Waals surface area contributed by atoms with Gasteiger partial charge >= 0.3 is 0 Å². The monoisotopic (exact) mass is 248 g/mol. The molecule has 0 saturated carbocycles. The van der Waals surface area contributed by atoms with Gasteiger partial charge in [0.2, 0.25) is 0 Å². The third-order valence-corrected chi connectivity index (χ3v) is 3.56. The van der Waals surface area contributed by atoms with Crippen molar-refractivity contribution < 1.29 is 9.53 Å². The molecule has 2 rings (SSSR count). The number of amides is 1. The quantitative estimate of drug-likeness (QED) is 0.880. The topological polar surface area (TPSA) is 41.6 Å². The van der Waals surface area contributed by atoms with Crippen LogP contribution in [0.15, 0.2) is 18.2 Å². The van der Waals surface area contributed by atoms with Crippen LogP contribution < -0.4 is 10.1 Å². The fraction of sp³-hybridized carbons (Fsp3) is 0.500. The lowest BCUT2D eigenvalue weighted by Gasteiger charge is -2.24. The molecule has 1 atom stereocenters. The van der Waals surface area contributed by atoms with Crippen LogP contribution in [0.2, 0.25) is 0 Å². The smallest absolute Gasteiger partial charge is 0.254 e. The zero-order chi connectivity index (χ0) is 13.1. The molecule has 1 fully saturated rings. The number of benzene rings is 1. The summed E-state index contributed by atoms with van der Waals surface area (Å²) >= 11 is 0. The van der Waals surface area contributed by atoms with Gasteiger partial charge in [0.1, 0.15) is 5.75 Å². The predicted octanol–water partition coefficient (Wildman–Crippen LogP) is 1.44. The van der Waals surface area contributed by atoms with Gasteiger partial charge in [-0.05, 0) is 37.6 Å². The van der Waals surface area contributed by atoms with Gasteiger partial charge in [-0.15, -0.1) is 0 Å². The number of hydrogen-bond donors (Lipinski definition) is 1. The number of rotatable bonds is 3. The summed E-state index contributed by atoms with van der Waals surface area (Å²) in [6.45, 7) is 3.84. The number of hydrogen-bond acceptors (Lipinski definition) is 3. The summed E-state index contributed by atoms with van der Waals surface area (Å²) in [4.78, 5) is 14.2. The Hall–Kier alpha value is -1.55. The van der Waals surface area contributed by atoms with Crippen LogP contribution in [0.4, 0.5) is 0 Å². The molecule has 0 spiro atoms. The lowest BCUT2D eigenvalue weighted by Crippen LogP contribution is -2.38.